The monoisotopic (exact) mass is 407 g/mol. The predicted molar refractivity (Wildman–Crippen MR) is 87.2 cm³/mol. The zero-order valence-corrected chi connectivity index (χ0v) is 14.6. The zero-order chi connectivity index (χ0) is 21.3. The lowest BCUT2D eigenvalue weighted by atomic mass is 10.1. The molecule has 0 bridgehead atoms. The van der Waals surface area contributed by atoms with E-state index in [1.54, 1.807) is 0 Å². The predicted octanol–water partition coefficient (Wildman–Crippen LogP) is 4.20. The topological polar surface area (TPSA) is 58.6 Å². The number of ether oxygens (including phenoxy) is 1. The second kappa shape index (κ2) is 7.70. The summed E-state index contributed by atoms with van der Waals surface area (Å²) in [5.41, 5.74) is -3.58. The maximum Gasteiger partial charge on any atom is 0.416 e. The van der Waals surface area contributed by atoms with Gasteiger partial charge in [0.15, 0.2) is 23.0 Å². The van der Waals surface area contributed by atoms with E-state index in [0.717, 1.165) is 19.1 Å². The van der Waals surface area contributed by atoms with Gasteiger partial charge in [-0.25, -0.2) is 8.78 Å². The van der Waals surface area contributed by atoms with Crippen LogP contribution >= 0.6 is 0 Å². The van der Waals surface area contributed by atoms with Crippen molar-refractivity contribution in [2.45, 2.75) is 25.6 Å². The van der Waals surface area contributed by atoms with Crippen LogP contribution in [0.3, 0.4) is 0 Å². The van der Waals surface area contributed by atoms with Crippen LogP contribution in [0.1, 0.15) is 18.1 Å². The molecule has 152 valence electrons. The molecule has 0 spiro atoms. The molecule has 1 atom stereocenters. The molecular weight excluding hydrogens is 392 g/mol. The summed E-state index contributed by atoms with van der Waals surface area (Å²) in [4.78, 5) is 12.2. The molecule has 0 aliphatic rings. The van der Waals surface area contributed by atoms with E-state index < -0.39 is 53.1 Å². The second-order valence-corrected chi connectivity index (χ2v) is 6.22. The molecule has 0 radical (unpaired) electrons. The molecule has 1 unspecified atom stereocenters. The summed E-state index contributed by atoms with van der Waals surface area (Å²) in [5.74, 6) is -6.78. The molecule has 1 amide bonds. The molecule has 28 heavy (non-hydrogen) atoms. The SMILES string of the molecule is Cc1ccc(NC(=O)C(C)(O)COc2ccc(F)c(F)c2F)cc1C(F)(F)F. The third-order valence-corrected chi connectivity index (χ3v) is 3.80. The molecule has 4 nitrogen and oxygen atoms in total. The first kappa shape index (κ1) is 21.5. The summed E-state index contributed by atoms with van der Waals surface area (Å²) in [7, 11) is 0. The van der Waals surface area contributed by atoms with Gasteiger partial charge in [-0.2, -0.15) is 17.6 Å². The van der Waals surface area contributed by atoms with Gasteiger partial charge in [0.2, 0.25) is 5.82 Å². The molecule has 0 heterocycles. The molecule has 10 heteroatoms. The highest BCUT2D eigenvalue weighted by Crippen LogP contribution is 2.33. The first-order valence-corrected chi connectivity index (χ1v) is 7.81. The Kier molecular flexibility index (Phi) is 5.93. The fourth-order valence-electron chi connectivity index (χ4n) is 2.17. The molecule has 2 rings (SSSR count). The summed E-state index contributed by atoms with van der Waals surface area (Å²) in [6.07, 6.45) is -4.64. The van der Waals surface area contributed by atoms with Crippen LogP contribution in [-0.4, -0.2) is 23.2 Å². The van der Waals surface area contributed by atoms with Gasteiger partial charge in [0, 0.05) is 5.69 Å². The molecular formula is C18H15F6NO3. The molecule has 0 saturated heterocycles. The van der Waals surface area contributed by atoms with Crippen LogP contribution in [0.4, 0.5) is 32.0 Å². The number of aliphatic hydroxyl groups is 1. The molecule has 0 saturated carbocycles. The van der Waals surface area contributed by atoms with Crippen LogP contribution < -0.4 is 10.1 Å². The van der Waals surface area contributed by atoms with Crippen LogP contribution in [0.25, 0.3) is 0 Å². The van der Waals surface area contributed by atoms with Crippen molar-refractivity contribution in [3.05, 3.63) is 58.9 Å². The first-order chi connectivity index (χ1) is 12.8. The van der Waals surface area contributed by atoms with Crippen LogP contribution in [0.15, 0.2) is 30.3 Å². The molecule has 0 fully saturated rings. The number of nitrogens with one attached hydrogen (secondary N) is 1. The number of hydrogen-bond acceptors (Lipinski definition) is 3. The van der Waals surface area contributed by atoms with Crippen molar-refractivity contribution in [2.75, 3.05) is 11.9 Å². The average molecular weight is 407 g/mol. The van der Waals surface area contributed by atoms with Crippen LogP contribution in [0.2, 0.25) is 0 Å². The van der Waals surface area contributed by atoms with E-state index in [1.807, 2.05) is 0 Å². The smallest absolute Gasteiger partial charge is 0.416 e. The molecule has 2 aromatic rings. The number of aryl methyl sites for hydroxylation is 1. The van der Waals surface area contributed by atoms with Gasteiger partial charge in [0.1, 0.15) is 6.61 Å². The third kappa shape index (κ3) is 4.75. The lowest BCUT2D eigenvalue weighted by molar-refractivity contribution is -0.138. The minimum absolute atomic E-state index is 0.0607. The standard InChI is InChI=1S/C18H15F6NO3/c1-9-3-4-10(7-11(9)18(22,23)24)25-16(26)17(2,27)8-28-13-6-5-12(19)14(20)15(13)21/h3-7,27H,8H2,1-2H3,(H,25,26). The normalized spacial score (nSPS) is 13.8. The van der Waals surface area contributed by atoms with Crippen LogP contribution in [0, 0.1) is 24.4 Å². The van der Waals surface area contributed by atoms with Crippen LogP contribution in [-0.2, 0) is 11.0 Å². The van der Waals surface area contributed by atoms with Crippen molar-refractivity contribution in [1.82, 2.24) is 0 Å². The van der Waals surface area contributed by atoms with E-state index >= 15 is 0 Å². The Bertz CT molecular complexity index is 896. The van der Waals surface area contributed by atoms with Crippen molar-refractivity contribution in [3.8, 4) is 5.75 Å². The van der Waals surface area contributed by atoms with E-state index in [9.17, 15) is 36.2 Å². The highest BCUT2D eigenvalue weighted by molar-refractivity contribution is 5.97. The number of carbonyl (C=O) groups excluding carboxylic acids is 1. The Morgan fingerprint density at radius 1 is 1.11 bits per heavy atom. The van der Waals surface area contributed by atoms with Crippen molar-refractivity contribution in [2.24, 2.45) is 0 Å². The lowest BCUT2D eigenvalue weighted by Gasteiger charge is -2.23. The fourth-order valence-corrected chi connectivity index (χ4v) is 2.17. The maximum atomic E-state index is 13.6. The third-order valence-electron chi connectivity index (χ3n) is 3.80. The van der Waals surface area contributed by atoms with E-state index in [1.165, 1.54) is 13.0 Å². The number of halogens is 6. The number of amides is 1. The van der Waals surface area contributed by atoms with E-state index in [2.05, 4.69) is 5.32 Å². The fraction of sp³-hybridized carbons (Fsp3) is 0.278. The maximum absolute atomic E-state index is 13.6. The van der Waals surface area contributed by atoms with Crippen molar-refractivity contribution >= 4 is 11.6 Å². The molecule has 0 aliphatic carbocycles. The Balaban J connectivity index is 2.12. The van der Waals surface area contributed by atoms with E-state index in [0.29, 0.717) is 12.1 Å². The van der Waals surface area contributed by atoms with Gasteiger partial charge in [-0.3, -0.25) is 4.79 Å². The largest absolute Gasteiger partial charge is 0.487 e. The quantitative estimate of drug-likeness (QED) is 0.577. The Morgan fingerprint density at radius 3 is 2.36 bits per heavy atom. The zero-order valence-electron chi connectivity index (χ0n) is 14.6. The minimum Gasteiger partial charge on any atom is -0.487 e. The van der Waals surface area contributed by atoms with Crippen molar-refractivity contribution in [3.63, 3.8) is 0 Å². The minimum atomic E-state index is -4.64. The number of alkyl halides is 3. The molecule has 0 aliphatic heterocycles. The summed E-state index contributed by atoms with van der Waals surface area (Å²) < 4.78 is 83.2. The molecule has 2 N–H and O–H groups in total. The average Bonchev–Trinajstić information content (AvgIpc) is 2.59. The Labute approximate surface area is 155 Å². The number of hydrogen-bond donors (Lipinski definition) is 2. The van der Waals surface area contributed by atoms with Crippen molar-refractivity contribution < 1.29 is 41.0 Å². The summed E-state index contributed by atoms with van der Waals surface area (Å²) in [6, 6.07) is 4.39. The van der Waals surface area contributed by atoms with Gasteiger partial charge in [0.25, 0.3) is 5.91 Å². The van der Waals surface area contributed by atoms with Gasteiger partial charge in [-0.05, 0) is 43.7 Å². The van der Waals surface area contributed by atoms with Crippen molar-refractivity contribution in [1.29, 1.82) is 0 Å². The highest BCUT2D eigenvalue weighted by Gasteiger charge is 2.35. The molecule has 0 aromatic heterocycles. The summed E-state index contributed by atoms with van der Waals surface area (Å²) in [6.45, 7) is 1.33. The van der Waals surface area contributed by atoms with Gasteiger partial charge in [-0.15, -0.1) is 0 Å². The number of anilines is 1. The number of carbonyl (C=O) groups is 1. The van der Waals surface area contributed by atoms with Gasteiger partial charge in [-0.1, -0.05) is 6.07 Å². The van der Waals surface area contributed by atoms with Crippen LogP contribution in [0.5, 0.6) is 5.75 Å². The van der Waals surface area contributed by atoms with Gasteiger partial charge < -0.3 is 15.2 Å². The van der Waals surface area contributed by atoms with E-state index in [4.69, 9.17) is 4.74 Å². The number of benzene rings is 2. The summed E-state index contributed by atoms with van der Waals surface area (Å²) >= 11 is 0. The second-order valence-electron chi connectivity index (χ2n) is 6.22. The Hall–Kier alpha value is -2.75. The van der Waals surface area contributed by atoms with Gasteiger partial charge >= 0.3 is 6.18 Å². The highest BCUT2D eigenvalue weighted by atomic mass is 19.4. The van der Waals surface area contributed by atoms with E-state index in [-0.39, 0.29) is 11.3 Å². The molecule has 2 aromatic carbocycles. The van der Waals surface area contributed by atoms with Gasteiger partial charge in [0.05, 0.1) is 5.56 Å². The first-order valence-electron chi connectivity index (χ1n) is 7.81. The summed E-state index contributed by atoms with van der Waals surface area (Å²) in [5, 5.41) is 12.3. The Morgan fingerprint density at radius 2 is 1.75 bits per heavy atom. The lowest BCUT2D eigenvalue weighted by Crippen LogP contribution is -2.45. The number of rotatable bonds is 5.